The van der Waals surface area contributed by atoms with Gasteiger partial charge < -0.3 is 15.5 Å². The number of amides is 3. The van der Waals surface area contributed by atoms with Gasteiger partial charge in [-0.3, -0.25) is 19.1 Å². The summed E-state index contributed by atoms with van der Waals surface area (Å²) < 4.78 is 28.6. The van der Waals surface area contributed by atoms with E-state index >= 15 is 0 Å². The summed E-state index contributed by atoms with van der Waals surface area (Å²) in [6.45, 7) is 1.72. The minimum atomic E-state index is -1.18. The minimum absolute atomic E-state index is 0.0603. The Balaban J connectivity index is 1.55. The lowest BCUT2D eigenvalue weighted by Gasteiger charge is -2.41. The second-order valence-electron chi connectivity index (χ2n) is 8.60. The number of hydrogen-bond donors (Lipinski definition) is 2. The van der Waals surface area contributed by atoms with Crippen molar-refractivity contribution in [2.45, 2.75) is 57.2 Å². The van der Waals surface area contributed by atoms with Crippen molar-refractivity contribution >= 4 is 23.4 Å². The first-order valence-electron chi connectivity index (χ1n) is 10.6. The van der Waals surface area contributed by atoms with Gasteiger partial charge in [0.05, 0.1) is 12.2 Å². The summed E-state index contributed by atoms with van der Waals surface area (Å²) in [7, 11) is 1.54. The van der Waals surface area contributed by atoms with E-state index in [2.05, 4.69) is 15.7 Å². The molecule has 1 fully saturated rings. The first-order valence-corrected chi connectivity index (χ1v) is 10.6. The lowest BCUT2D eigenvalue weighted by Crippen LogP contribution is -2.63. The van der Waals surface area contributed by atoms with Crippen molar-refractivity contribution in [3.8, 4) is 0 Å². The van der Waals surface area contributed by atoms with E-state index in [1.165, 1.54) is 15.6 Å². The summed E-state index contributed by atoms with van der Waals surface area (Å²) in [6.07, 6.45) is 5.10. The Hall–Kier alpha value is -3.30. The highest BCUT2D eigenvalue weighted by Gasteiger charge is 2.46. The average Bonchev–Trinajstić information content (AvgIpc) is 3.19. The van der Waals surface area contributed by atoms with Gasteiger partial charge in [-0.15, -0.1) is 0 Å². The molecule has 3 amide bonds. The SMILES string of the molecule is CN1C(=O)c2cc(C(=O)Nc3cc(F)ccc3F)nn2C[C@@]1(C)C(=O)NC1CCCCC1. The molecule has 2 heterocycles. The normalized spacial score (nSPS) is 21.2. The summed E-state index contributed by atoms with van der Waals surface area (Å²) in [4.78, 5) is 40.0. The quantitative estimate of drug-likeness (QED) is 0.756. The highest BCUT2D eigenvalue weighted by atomic mass is 19.1. The van der Waals surface area contributed by atoms with E-state index in [4.69, 9.17) is 0 Å². The maximum absolute atomic E-state index is 13.9. The van der Waals surface area contributed by atoms with Crippen LogP contribution in [0.5, 0.6) is 0 Å². The monoisotopic (exact) mass is 445 g/mol. The molecule has 1 aromatic carbocycles. The van der Waals surface area contributed by atoms with Gasteiger partial charge in [-0.1, -0.05) is 19.3 Å². The third-order valence-electron chi connectivity index (χ3n) is 6.34. The molecular weight excluding hydrogens is 420 g/mol. The third-order valence-corrected chi connectivity index (χ3v) is 6.34. The number of nitrogens with one attached hydrogen (secondary N) is 2. The number of halogens is 2. The van der Waals surface area contributed by atoms with Crippen molar-refractivity contribution in [3.63, 3.8) is 0 Å². The number of carbonyl (C=O) groups excluding carboxylic acids is 3. The lowest BCUT2D eigenvalue weighted by atomic mass is 9.92. The molecule has 170 valence electrons. The molecule has 1 aliphatic carbocycles. The highest BCUT2D eigenvalue weighted by molar-refractivity contribution is 6.05. The maximum Gasteiger partial charge on any atom is 0.276 e. The van der Waals surface area contributed by atoms with Crippen LogP contribution in [0.1, 0.15) is 60.0 Å². The van der Waals surface area contributed by atoms with Crippen molar-refractivity contribution < 1.29 is 23.2 Å². The van der Waals surface area contributed by atoms with Gasteiger partial charge in [0.1, 0.15) is 22.9 Å². The van der Waals surface area contributed by atoms with Gasteiger partial charge in [0.25, 0.3) is 11.8 Å². The smallest absolute Gasteiger partial charge is 0.276 e. The molecule has 0 radical (unpaired) electrons. The zero-order valence-electron chi connectivity index (χ0n) is 18.0. The molecule has 0 unspecified atom stereocenters. The molecule has 4 rings (SSSR count). The van der Waals surface area contributed by atoms with Crippen molar-refractivity contribution in [1.82, 2.24) is 20.0 Å². The number of rotatable bonds is 4. The van der Waals surface area contributed by atoms with Crippen molar-refractivity contribution in [2.75, 3.05) is 12.4 Å². The molecule has 32 heavy (non-hydrogen) atoms. The molecule has 2 aromatic rings. The number of hydrogen-bond acceptors (Lipinski definition) is 4. The fraction of sp³-hybridized carbons (Fsp3) is 0.455. The summed E-state index contributed by atoms with van der Waals surface area (Å²) >= 11 is 0. The summed E-state index contributed by atoms with van der Waals surface area (Å²) in [6, 6.07) is 4.06. The summed E-state index contributed by atoms with van der Waals surface area (Å²) in [5, 5.41) is 9.49. The number of benzene rings is 1. The molecule has 1 aliphatic heterocycles. The van der Waals surface area contributed by atoms with Crippen LogP contribution in [-0.4, -0.2) is 51.0 Å². The predicted octanol–water partition coefficient (Wildman–Crippen LogP) is 2.71. The Morgan fingerprint density at radius 2 is 1.88 bits per heavy atom. The zero-order chi connectivity index (χ0) is 23.0. The van der Waals surface area contributed by atoms with Crippen molar-refractivity contribution in [2.24, 2.45) is 0 Å². The van der Waals surface area contributed by atoms with Gasteiger partial charge in [-0.05, 0) is 31.9 Å². The first kappa shape index (κ1) is 21.9. The van der Waals surface area contributed by atoms with Gasteiger partial charge in [-0.2, -0.15) is 5.10 Å². The van der Waals surface area contributed by atoms with Crippen LogP contribution in [0.2, 0.25) is 0 Å². The second kappa shape index (κ2) is 8.33. The fourth-order valence-electron chi connectivity index (χ4n) is 4.21. The number of aromatic nitrogens is 2. The largest absolute Gasteiger partial charge is 0.351 e. The Morgan fingerprint density at radius 3 is 2.59 bits per heavy atom. The van der Waals surface area contributed by atoms with Crippen LogP contribution >= 0.6 is 0 Å². The van der Waals surface area contributed by atoms with Gasteiger partial charge in [0.2, 0.25) is 5.91 Å². The lowest BCUT2D eigenvalue weighted by molar-refractivity contribution is -0.133. The number of carbonyl (C=O) groups is 3. The minimum Gasteiger partial charge on any atom is -0.351 e. The molecule has 1 saturated carbocycles. The number of nitrogens with zero attached hydrogens (tertiary/aromatic N) is 3. The van der Waals surface area contributed by atoms with Gasteiger partial charge >= 0.3 is 0 Å². The molecule has 0 spiro atoms. The number of fused-ring (bicyclic) bond motifs is 1. The van der Waals surface area contributed by atoms with E-state index in [1.54, 1.807) is 14.0 Å². The number of anilines is 1. The van der Waals surface area contributed by atoms with Crippen LogP contribution in [-0.2, 0) is 11.3 Å². The first-order chi connectivity index (χ1) is 15.2. The van der Waals surface area contributed by atoms with Gasteiger partial charge in [-0.25, -0.2) is 8.78 Å². The molecule has 10 heteroatoms. The van der Waals surface area contributed by atoms with Crippen LogP contribution in [0.3, 0.4) is 0 Å². The molecule has 2 aliphatic rings. The predicted molar refractivity (Wildman–Crippen MR) is 112 cm³/mol. The third kappa shape index (κ3) is 3.96. The fourth-order valence-corrected chi connectivity index (χ4v) is 4.21. The zero-order valence-corrected chi connectivity index (χ0v) is 18.0. The van der Waals surface area contributed by atoms with E-state index in [1.807, 2.05) is 0 Å². The Morgan fingerprint density at radius 1 is 1.16 bits per heavy atom. The van der Waals surface area contributed by atoms with E-state index in [-0.39, 0.29) is 35.6 Å². The molecule has 1 aromatic heterocycles. The average molecular weight is 445 g/mol. The van der Waals surface area contributed by atoms with Crippen LogP contribution < -0.4 is 10.6 Å². The van der Waals surface area contributed by atoms with Crippen molar-refractivity contribution in [3.05, 3.63) is 47.3 Å². The molecule has 2 N–H and O–H groups in total. The van der Waals surface area contributed by atoms with E-state index in [0.717, 1.165) is 50.3 Å². The second-order valence-corrected chi connectivity index (χ2v) is 8.60. The van der Waals surface area contributed by atoms with Crippen LogP contribution in [0.4, 0.5) is 14.5 Å². The van der Waals surface area contributed by atoms with E-state index in [9.17, 15) is 23.2 Å². The molecule has 8 nitrogen and oxygen atoms in total. The van der Waals surface area contributed by atoms with Gasteiger partial charge in [0.15, 0.2) is 5.69 Å². The van der Waals surface area contributed by atoms with Crippen LogP contribution in [0, 0.1) is 11.6 Å². The van der Waals surface area contributed by atoms with Crippen LogP contribution in [0.15, 0.2) is 24.3 Å². The Kier molecular flexibility index (Phi) is 5.70. The highest BCUT2D eigenvalue weighted by Crippen LogP contribution is 2.27. The number of likely N-dealkylation sites (N-methyl/N-ethyl adjacent to an activating group) is 1. The summed E-state index contributed by atoms with van der Waals surface area (Å²) in [5.41, 5.74) is -1.51. The topological polar surface area (TPSA) is 96.3 Å². The van der Waals surface area contributed by atoms with Gasteiger partial charge in [0, 0.05) is 25.2 Å². The maximum atomic E-state index is 13.9. The summed E-state index contributed by atoms with van der Waals surface area (Å²) in [5.74, 6) is -3.02. The molecular formula is C22H25F2N5O3. The molecule has 0 saturated heterocycles. The van der Waals surface area contributed by atoms with E-state index in [0.29, 0.717) is 0 Å². The Labute approximate surface area is 184 Å². The Bertz CT molecular complexity index is 1080. The van der Waals surface area contributed by atoms with E-state index < -0.39 is 29.0 Å². The van der Waals surface area contributed by atoms with Crippen LogP contribution in [0.25, 0.3) is 0 Å². The molecule has 1 atom stereocenters. The standard InChI is InChI=1S/C22H25F2N5O3/c1-22(21(32)25-14-6-4-3-5-7-14)12-29-18(20(31)28(22)2)11-17(27-29)19(30)26-16-10-13(23)8-9-15(16)24/h8-11,14H,3-7,12H2,1-2H3,(H,25,32)(H,26,30)/t22-/m0/s1. The molecule has 0 bridgehead atoms. The van der Waals surface area contributed by atoms with Crippen molar-refractivity contribution in [1.29, 1.82) is 0 Å².